The smallest absolute Gasteiger partial charge is 0.229 e. The molecule has 0 spiro atoms. The van der Waals surface area contributed by atoms with Crippen molar-refractivity contribution in [3.8, 4) is 17.0 Å². The number of ether oxygens (including phenoxy) is 1. The summed E-state index contributed by atoms with van der Waals surface area (Å²) in [6.45, 7) is 2.26. The standard InChI is InChI=1S/C29H27N5O3/c1-19-8-13-26(37-2)25(14-19)34-17-21(15-28(34)35)29(36)33-23-11-9-22(10-12-23)32-27-16-24(30-18-31-27)20-6-4-3-5-7-20/h3-14,16,18,21H,15,17H2,1-2H3,(H,33,36)(H,30,31,32). The Hall–Kier alpha value is -4.72. The molecule has 0 bridgehead atoms. The lowest BCUT2D eigenvalue weighted by atomic mass is 10.1. The van der Waals surface area contributed by atoms with Gasteiger partial charge in [-0.1, -0.05) is 36.4 Å². The number of hydrogen-bond donors (Lipinski definition) is 2. The van der Waals surface area contributed by atoms with Crippen LogP contribution in [0.25, 0.3) is 11.3 Å². The van der Waals surface area contributed by atoms with E-state index >= 15 is 0 Å². The van der Waals surface area contributed by atoms with Crippen molar-refractivity contribution < 1.29 is 14.3 Å². The van der Waals surface area contributed by atoms with Crippen molar-refractivity contribution >= 4 is 34.7 Å². The van der Waals surface area contributed by atoms with Gasteiger partial charge < -0.3 is 20.3 Å². The zero-order valence-electron chi connectivity index (χ0n) is 20.6. The van der Waals surface area contributed by atoms with Crippen molar-refractivity contribution in [2.75, 3.05) is 29.2 Å². The van der Waals surface area contributed by atoms with E-state index in [0.29, 0.717) is 29.5 Å². The second kappa shape index (κ2) is 10.5. The molecule has 1 aliphatic rings. The summed E-state index contributed by atoms with van der Waals surface area (Å²) in [5.41, 5.74) is 5.02. The van der Waals surface area contributed by atoms with Crippen LogP contribution in [-0.4, -0.2) is 35.4 Å². The zero-order valence-corrected chi connectivity index (χ0v) is 20.6. The summed E-state index contributed by atoms with van der Waals surface area (Å²) >= 11 is 0. The lowest BCUT2D eigenvalue weighted by molar-refractivity contribution is -0.122. The molecule has 2 heterocycles. The minimum atomic E-state index is -0.451. The predicted octanol–water partition coefficient (Wildman–Crippen LogP) is 5.20. The van der Waals surface area contributed by atoms with Gasteiger partial charge in [0.1, 0.15) is 17.9 Å². The van der Waals surface area contributed by atoms with Gasteiger partial charge in [-0.05, 0) is 48.9 Å². The molecule has 1 unspecified atom stereocenters. The summed E-state index contributed by atoms with van der Waals surface area (Å²) in [6, 6.07) is 24.8. The fourth-order valence-electron chi connectivity index (χ4n) is 4.35. The molecule has 0 aliphatic carbocycles. The van der Waals surface area contributed by atoms with E-state index in [1.807, 2.05) is 85.8 Å². The van der Waals surface area contributed by atoms with Crippen molar-refractivity contribution in [2.24, 2.45) is 5.92 Å². The van der Waals surface area contributed by atoms with Crippen molar-refractivity contribution in [1.82, 2.24) is 9.97 Å². The molecular formula is C29H27N5O3. The molecular weight excluding hydrogens is 466 g/mol. The minimum Gasteiger partial charge on any atom is -0.495 e. The van der Waals surface area contributed by atoms with Gasteiger partial charge in [-0.2, -0.15) is 0 Å². The first kappa shape index (κ1) is 24.0. The predicted molar refractivity (Wildman–Crippen MR) is 144 cm³/mol. The number of aryl methyl sites for hydroxylation is 1. The molecule has 4 aromatic rings. The van der Waals surface area contributed by atoms with Crippen molar-refractivity contribution in [3.63, 3.8) is 0 Å². The number of nitrogens with zero attached hydrogens (tertiary/aromatic N) is 3. The minimum absolute atomic E-state index is 0.0941. The van der Waals surface area contributed by atoms with E-state index in [1.54, 1.807) is 12.0 Å². The molecule has 8 nitrogen and oxygen atoms in total. The van der Waals surface area contributed by atoms with Gasteiger partial charge in [0.2, 0.25) is 11.8 Å². The average molecular weight is 494 g/mol. The van der Waals surface area contributed by atoms with Crippen LogP contribution in [0, 0.1) is 12.8 Å². The highest BCUT2D eigenvalue weighted by atomic mass is 16.5. The maximum atomic E-state index is 13.0. The molecule has 8 heteroatoms. The van der Waals surface area contributed by atoms with Gasteiger partial charge in [0.25, 0.3) is 0 Å². The Morgan fingerprint density at radius 3 is 2.49 bits per heavy atom. The van der Waals surface area contributed by atoms with Gasteiger partial charge in [0.05, 0.1) is 24.4 Å². The Balaban J connectivity index is 1.22. The van der Waals surface area contributed by atoms with Gasteiger partial charge in [-0.25, -0.2) is 9.97 Å². The number of anilines is 4. The fourth-order valence-corrected chi connectivity index (χ4v) is 4.35. The molecule has 3 aromatic carbocycles. The van der Waals surface area contributed by atoms with Crippen molar-refractivity contribution in [1.29, 1.82) is 0 Å². The highest BCUT2D eigenvalue weighted by Crippen LogP contribution is 2.34. The molecule has 2 N–H and O–H groups in total. The third-order valence-electron chi connectivity index (χ3n) is 6.28. The third-order valence-corrected chi connectivity index (χ3v) is 6.28. The van der Waals surface area contributed by atoms with Gasteiger partial charge in [-0.15, -0.1) is 0 Å². The number of carbonyl (C=O) groups excluding carboxylic acids is 2. The summed E-state index contributed by atoms with van der Waals surface area (Å²) in [4.78, 5) is 36.0. The molecule has 1 saturated heterocycles. The van der Waals surface area contributed by atoms with E-state index in [2.05, 4.69) is 20.6 Å². The van der Waals surface area contributed by atoms with Gasteiger partial charge >= 0.3 is 0 Å². The Kier molecular flexibility index (Phi) is 6.81. The second-order valence-corrected chi connectivity index (χ2v) is 8.93. The number of amides is 2. The molecule has 1 aliphatic heterocycles. The summed E-state index contributed by atoms with van der Waals surface area (Å²) in [5.74, 6) is 0.548. The number of hydrogen-bond acceptors (Lipinski definition) is 6. The van der Waals surface area contributed by atoms with E-state index in [4.69, 9.17) is 4.74 Å². The molecule has 1 fully saturated rings. The van der Waals surface area contributed by atoms with E-state index in [1.165, 1.54) is 6.33 Å². The highest BCUT2D eigenvalue weighted by Gasteiger charge is 2.36. The highest BCUT2D eigenvalue weighted by molar-refractivity contribution is 6.04. The molecule has 5 rings (SSSR count). The monoisotopic (exact) mass is 493 g/mol. The molecule has 1 atom stereocenters. The first-order valence-electron chi connectivity index (χ1n) is 12.0. The number of nitrogens with one attached hydrogen (secondary N) is 2. The molecule has 2 amide bonds. The first-order valence-corrected chi connectivity index (χ1v) is 12.0. The van der Waals surface area contributed by atoms with Crippen LogP contribution >= 0.6 is 0 Å². The van der Waals surface area contributed by atoms with E-state index in [0.717, 1.165) is 22.5 Å². The van der Waals surface area contributed by atoms with Crippen LogP contribution in [0.15, 0.2) is 85.2 Å². The molecule has 1 aromatic heterocycles. The first-order chi connectivity index (χ1) is 18.0. The molecule has 186 valence electrons. The Bertz CT molecular complexity index is 1420. The topological polar surface area (TPSA) is 96.5 Å². The summed E-state index contributed by atoms with van der Waals surface area (Å²) in [5, 5.41) is 6.20. The van der Waals surface area contributed by atoms with Crippen LogP contribution in [0.4, 0.5) is 22.9 Å². The average Bonchev–Trinajstić information content (AvgIpc) is 3.32. The van der Waals surface area contributed by atoms with Crippen molar-refractivity contribution in [3.05, 3.63) is 90.8 Å². The second-order valence-electron chi connectivity index (χ2n) is 8.93. The zero-order chi connectivity index (χ0) is 25.8. The van der Waals surface area contributed by atoms with E-state index in [-0.39, 0.29) is 18.2 Å². The van der Waals surface area contributed by atoms with Crippen LogP contribution in [0.3, 0.4) is 0 Å². The van der Waals surface area contributed by atoms with Crippen LogP contribution in [0.5, 0.6) is 5.75 Å². The fraction of sp³-hybridized carbons (Fsp3) is 0.172. The molecule has 37 heavy (non-hydrogen) atoms. The lowest BCUT2D eigenvalue weighted by Gasteiger charge is -2.20. The quantitative estimate of drug-likeness (QED) is 0.368. The van der Waals surface area contributed by atoms with E-state index < -0.39 is 5.92 Å². The Morgan fingerprint density at radius 1 is 0.973 bits per heavy atom. The van der Waals surface area contributed by atoms with Gasteiger partial charge in [-0.3, -0.25) is 9.59 Å². The lowest BCUT2D eigenvalue weighted by Crippen LogP contribution is -2.28. The van der Waals surface area contributed by atoms with Gasteiger partial charge in [0, 0.05) is 36.0 Å². The van der Waals surface area contributed by atoms with E-state index in [9.17, 15) is 9.59 Å². The van der Waals surface area contributed by atoms with Crippen LogP contribution in [0.1, 0.15) is 12.0 Å². The number of carbonyl (C=O) groups is 2. The summed E-state index contributed by atoms with van der Waals surface area (Å²) < 4.78 is 5.43. The molecule has 0 radical (unpaired) electrons. The SMILES string of the molecule is COc1ccc(C)cc1N1CC(C(=O)Nc2ccc(Nc3cc(-c4ccccc4)ncn3)cc2)CC1=O. The Morgan fingerprint density at radius 2 is 1.73 bits per heavy atom. The van der Waals surface area contributed by atoms with Crippen molar-refractivity contribution in [2.45, 2.75) is 13.3 Å². The number of rotatable bonds is 7. The normalized spacial score (nSPS) is 14.9. The maximum Gasteiger partial charge on any atom is 0.229 e. The molecule has 0 saturated carbocycles. The third kappa shape index (κ3) is 5.43. The maximum absolute atomic E-state index is 13.0. The number of benzene rings is 3. The summed E-state index contributed by atoms with van der Waals surface area (Å²) in [7, 11) is 1.57. The van der Waals surface area contributed by atoms with Crippen LogP contribution < -0.4 is 20.3 Å². The summed E-state index contributed by atoms with van der Waals surface area (Å²) in [6.07, 6.45) is 1.68. The van der Waals surface area contributed by atoms with Gasteiger partial charge in [0.15, 0.2) is 0 Å². The number of aromatic nitrogens is 2. The largest absolute Gasteiger partial charge is 0.495 e. The van der Waals surface area contributed by atoms with Crippen LogP contribution in [0.2, 0.25) is 0 Å². The van der Waals surface area contributed by atoms with Crippen LogP contribution in [-0.2, 0) is 9.59 Å². The Labute approximate surface area is 215 Å². The number of methoxy groups -OCH3 is 1.